The van der Waals surface area contributed by atoms with Crippen LogP contribution >= 0.6 is 0 Å². The van der Waals surface area contributed by atoms with Gasteiger partial charge in [0.15, 0.2) is 17.3 Å². The molecule has 0 bridgehead atoms. The van der Waals surface area contributed by atoms with E-state index in [9.17, 15) is 13.6 Å². The molecule has 0 atom stereocenters. The summed E-state index contributed by atoms with van der Waals surface area (Å²) in [4.78, 5) is 16.3. The molecular formula is C17H12F2N6O2. The first-order valence-corrected chi connectivity index (χ1v) is 7.89. The Balaban J connectivity index is 1.59. The van der Waals surface area contributed by atoms with Gasteiger partial charge in [0.1, 0.15) is 11.6 Å². The van der Waals surface area contributed by atoms with E-state index in [0.29, 0.717) is 34.8 Å². The largest absolute Gasteiger partial charge is 0.345 e. The number of pyridine rings is 1. The first-order chi connectivity index (χ1) is 13.0. The molecule has 3 heterocycles. The highest BCUT2D eigenvalue weighted by Crippen LogP contribution is 2.22. The van der Waals surface area contributed by atoms with Crippen LogP contribution in [0.4, 0.5) is 8.78 Å². The minimum absolute atomic E-state index is 0.00441. The minimum Gasteiger partial charge on any atom is -0.345 e. The molecule has 0 saturated carbocycles. The summed E-state index contributed by atoms with van der Waals surface area (Å²) >= 11 is 0. The molecule has 0 aliphatic rings. The van der Waals surface area contributed by atoms with Gasteiger partial charge in [0.25, 0.3) is 11.8 Å². The topological polar surface area (TPSA) is 98.2 Å². The Bertz CT molecular complexity index is 1130. The highest BCUT2D eigenvalue weighted by molar-refractivity contribution is 5.94. The highest BCUT2D eigenvalue weighted by atomic mass is 19.1. The maximum Gasteiger partial charge on any atom is 0.261 e. The van der Waals surface area contributed by atoms with Crippen LogP contribution in [0.2, 0.25) is 0 Å². The fourth-order valence-electron chi connectivity index (χ4n) is 2.60. The van der Waals surface area contributed by atoms with Crippen molar-refractivity contribution in [2.24, 2.45) is 0 Å². The molecule has 10 heteroatoms. The number of fused-ring (bicyclic) bond motifs is 1. The van der Waals surface area contributed by atoms with Gasteiger partial charge in [-0.3, -0.25) is 9.20 Å². The molecule has 0 spiro atoms. The smallest absolute Gasteiger partial charge is 0.261 e. The lowest BCUT2D eigenvalue weighted by molar-refractivity contribution is 0.0949. The number of benzene rings is 1. The van der Waals surface area contributed by atoms with Crippen LogP contribution in [0.25, 0.3) is 17.1 Å². The number of hydrogen-bond donors (Lipinski definition) is 1. The summed E-state index contributed by atoms with van der Waals surface area (Å²) in [6.45, 7) is 1.71. The van der Waals surface area contributed by atoms with Crippen molar-refractivity contribution in [3.05, 3.63) is 65.4 Å². The van der Waals surface area contributed by atoms with Crippen LogP contribution in [-0.2, 0) is 6.54 Å². The molecule has 1 amide bonds. The van der Waals surface area contributed by atoms with E-state index in [1.54, 1.807) is 29.7 Å². The van der Waals surface area contributed by atoms with Crippen molar-refractivity contribution in [1.82, 2.24) is 30.1 Å². The molecular weight excluding hydrogens is 358 g/mol. The number of nitrogens with one attached hydrogen (secondary N) is 1. The Morgan fingerprint density at radius 3 is 2.70 bits per heavy atom. The van der Waals surface area contributed by atoms with E-state index in [1.807, 2.05) is 0 Å². The van der Waals surface area contributed by atoms with Gasteiger partial charge in [-0.15, -0.1) is 10.2 Å². The molecule has 0 unspecified atom stereocenters. The molecule has 4 rings (SSSR count). The van der Waals surface area contributed by atoms with Gasteiger partial charge in [-0.25, -0.2) is 8.78 Å². The second kappa shape index (κ2) is 6.56. The summed E-state index contributed by atoms with van der Waals surface area (Å²) in [6, 6.07) is 6.11. The molecule has 1 aromatic carbocycles. The van der Waals surface area contributed by atoms with Crippen molar-refractivity contribution in [2.75, 3.05) is 0 Å². The molecule has 0 saturated heterocycles. The van der Waals surface area contributed by atoms with Crippen LogP contribution in [-0.4, -0.2) is 30.6 Å². The van der Waals surface area contributed by atoms with Crippen molar-refractivity contribution < 1.29 is 18.1 Å². The highest BCUT2D eigenvalue weighted by Gasteiger charge is 2.16. The summed E-state index contributed by atoms with van der Waals surface area (Å²) < 4.78 is 33.3. The molecule has 0 aliphatic carbocycles. The van der Waals surface area contributed by atoms with E-state index >= 15 is 0 Å². The Hall–Kier alpha value is -3.69. The molecule has 1 N–H and O–H groups in total. The zero-order valence-electron chi connectivity index (χ0n) is 14.0. The SMILES string of the molecule is Cc1noc(-c2cccn3c(CNC(=O)c4cc(F)cc(F)c4)nnc23)n1. The van der Waals surface area contributed by atoms with Gasteiger partial charge in [0, 0.05) is 17.8 Å². The van der Waals surface area contributed by atoms with Crippen LogP contribution in [0.5, 0.6) is 0 Å². The fraction of sp³-hybridized carbons (Fsp3) is 0.118. The lowest BCUT2D eigenvalue weighted by Gasteiger charge is -2.05. The third-order valence-electron chi connectivity index (χ3n) is 3.80. The van der Waals surface area contributed by atoms with Gasteiger partial charge in [-0.05, 0) is 31.2 Å². The lowest BCUT2D eigenvalue weighted by Crippen LogP contribution is -2.24. The van der Waals surface area contributed by atoms with Crippen LogP contribution in [0.3, 0.4) is 0 Å². The lowest BCUT2D eigenvalue weighted by atomic mass is 10.2. The number of rotatable bonds is 4. The van der Waals surface area contributed by atoms with Gasteiger partial charge in [-0.2, -0.15) is 4.98 Å². The number of nitrogens with zero attached hydrogens (tertiary/aromatic N) is 5. The fourth-order valence-corrected chi connectivity index (χ4v) is 2.60. The third kappa shape index (κ3) is 3.24. The predicted octanol–water partition coefficient (Wildman–Crippen LogP) is 2.30. The summed E-state index contributed by atoms with van der Waals surface area (Å²) in [6.07, 6.45) is 1.71. The molecule has 0 fully saturated rings. The third-order valence-corrected chi connectivity index (χ3v) is 3.80. The Morgan fingerprint density at radius 2 is 2.00 bits per heavy atom. The Kier molecular flexibility index (Phi) is 4.07. The summed E-state index contributed by atoms with van der Waals surface area (Å²) in [5, 5.41) is 14.5. The number of halogens is 2. The van der Waals surface area contributed by atoms with Gasteiger partial charge in [-0.1, -0.05) is 5.16 Å². The van der Waals surface area contributed by atoms with Gasteiger partial charge in [0.2, 0.25) is 0 Å². The summed E-state index contributed by atoms with van der Waals surface area (Å²) in [5.41, 5.74) is 0.945. The number of hydrogen-bond acceptors (Lipinski definition) is 6. The van der Waals surface area contributed by atoms with E-state index in [-0.39, 0.29) is 12.1 Å². The standard InChI is InChI=1S/C17H12F2N6O2/c1-9-21-17(27-24-9)13-3-2-4-25-14(22-23-15(13)25)8-20-16(26)10-5-11(18)7-12(19)6-10/h2-7H,8H2,1H3,(H,20,26). The first kappa shape index (κ1) is 16.8. The quantitative estimate of drug-likeness (QED) is 0.592. The maximum absolute atomic E-state index is 13.3. The Morgan fingerprint density at radius 1 is 1.22 bits per heavy atom. The van der Waals surface area contributed by atoms with E-state index in [1.165, 1.54) is 0 Å². The Labute approximate surface area is 150 Å². The second-order valence-electron chi connectivity index (χ2n) is 5.72. The van der Waals surface area contributed by atoms with Crippen molar-refractivity contribution in [3.8, 4) is 11.5 Å². The van der Waals surface area contributed by atoms with Crippen molar-refractivity contribution in [2.45, 2.75) is 13.5 Å². The molecule has 0 radical (unpaired) electrons. The number of carbonyl (C=O) groups excluding carboxylic acids is 1. The average Bonchev–Trinajstić information content (AvgIpc) is 3.25. The zero-order valence-corrected chi connectivity index (χ0v) is 14.0. The van der Waals surface area contributed by atoms with Gasteiger partial charge in [0.05, 0.1) is 12.1 Å². The summed E-state index contributed by atoms with van der Waals surface area (Å²) in [5.74, 6) is -1.07. The molecule has 136 valence electrons. The van der Waals surface area contributed by atoms with E-state index in [0.717, 1.165) is 12.1 Å². The molecule has 3 aromatic heterocycles. The summed E-state index contributed by atoms with van der Waals surface area (Å²) in [7, 11) is 0. The second-order valence-corrected chi connectivity index (χ2v) is 5.72. The van der Waals surface area contributed by atoms with Crippen LogP contribution < -0.4 is 5.32 Å². The van der Waals surface area contributed by atoms with Crippen LogP contribution in [0, 0.1) is 18.6 Å². The van der Waals surface area contributed by atoms with Crippen molar-refractivity contribution in [3.63, 3.8) is 0 Å². The number of aromatic nitrogens is 5. The molecule has 0 aliphatic heterocycles. The first-order valence-electron chi connectivity index (χ1n) is 7.89. The minimum atomic E-state index is -0.826. The zero-order chi connectivity index (χ0) is 19.0. The van der Waals surface area contributed by atoms with E-state index in [4.69, 9.17) is 4.52 Å². The van der Waals surface area contributed by atoms with Crippen molar-refractivity contribution in [1.29, 1.82) is 0 Å². The molecule has 8 nitrogen and oxygen atoms in total. The predicted molar refractivity (Wildman–Crippen MR) is 88.5 cm³/mol. The van der Waals surface area contributed by atoms with Crippen LogP contribution in [0.15, 0.2) is 41.1 Å². The number of amides is 1. The average molecular weight is 370 g/mol. The van der Waals surface area contributed by atoms with Gasteiger partial charge >= 0.3 is 0 Å². The number of aryl methyl sites for hydroxylation is 1. The van der Waals surface area contributed by atoms with Crippen LogP contribution in [0.1, 0.15) is 22.0 Å². The molecule has 27 heavy (non-hydrogen) atoms. The van der Waals surface area contributed by atoms with Gasteiger partial charge < -0.3 is 9.84 Å². The van der Waals surface area contributed by atoms with E-state index < -0.39 is 17.5 Å². The van der Waals surface area contributed by atoms with Crippen molar-refractivity contribution >= 4 is 11.6 Å². The van der Waals surface area contributed by atoms with E-state index in [2.05, 4.69) is 25.7 Å². The molecule has 4 aromatic rings. The normalized spacial score (nSPS) is 11.1. The number of carbonyl (C=O) groups is 1. The monoisotopic (exact) mass is 370 g/mol. The maximum atomic E-state index is 13.3.